The minimum absolute atomic E-state index is 0.0141. The molecule has 0 aromatic heterocycles. The summed E-state index contributed by atoms with van der Waals surface area (Å²) in [5, 5.41) is 16.0. The maximum Gasteiger partial charge on any atom is 0.338 e. The standard InChI is InChI=1S/C56H49N3O17/c57-59-58-31-32-67-55-48(75-54(66)40-29-17-6-18-30-40)47(74-53(65)39-27-15-5-16-28-39)45(42(70-55)34-69-50(62)36-21-9-2-10-22-36)76-56-46(73-52(64)38-25-13-4-14-26-38)43(60)44(72-51(63)37-23-11-3-12-24-37)41(71-56)33-68-49(61)35-19-7-1-8-20-35/h1-30,41-48,55-56,60H,31-34H2/t41-,42-,43+,44+,45-,46-,47+,48-,55-,56+/m1/s1. The highest BCUT2D eigenvalue weighted by Gasteiger charge is 2.57. The summed E-state index contributed by atoms with van der Waals surface area (Å²) in [5.41, 5.74) is 9.50. The number of esters is 6. The number of hydrogen-bond acceptors (Lipinski definition) is 18. The normalized spacial score (nSPS) is 22.8. The molecule has 0 radical (unpaired) electrons. The number of benzene rings is 6. The Morgan fingerprint density at radius 3 is 1.16 bits per heavy atom. The van der Waals surface area contributed by atoms with Crippen LogP contribution < -0.4 is 0 Å². The zero-order valence-electron chi connectivity index (χ0n) is 40.2. The van der Waals surface area contributed by atoms with E-state index >= 15 is 0 Å². The van der Waals surface area contributed by atoms with Gasteiger partial charge >= 0.3 is 35.8 Å². The quantitative estimate of drug-likeness (QED) is 0.0199. The van der Waals surface area contributed by atoms with E-state index < -0.39 is 110 Å². The van der Waals surface area contributed by atoms with Gasteiger partial charge in [0.15, 0.2) is 37.0 Å². The molecule has 0 spiro atoms. The summed E-state index contributed by atoms with van der Waals surface area (Å²) in [5.74, 6) is -5.54. The second-order valence-electron chi connectivity index (χ2n) is 16.9. The Morgan fingerprint density at radius 1 is 0.434 bits per heavy atom. The van der Waals surface area contributed by atoms with Crippen molar-refractivity contribution in [3.63, 3.8) is 0 Å². The van der Waals surface area contributed by atoms with Gasteiger partial charge in [0.25, 0.3) is 0 Å². The predicted molar refractivity (Wildman–Crippen MR) is 264 cm³/mol. The molecule has 2 aliphatic heterocycles. The van der Waals surface area contributed by atoms with Crippen molar-refractivity contribution in [1.29, 1.82) is 0 Å². The number of aliphatic hydroxyl groups excluding tert-OH is 1. The van der Waals surface area contributed by atoms with Crippen LogP contribution in [0.25, 0.3) is 10.4 Å². The maximum absolute atomic E-state index is 14.3. The van der Waals surface area contributed by atoms with Crippen molar-refractivity contribution < 1.29 is 81.2 Å². The highest BCUT2D eigenvalue weighted by atomic mass is 16.8. The number of nitrogens with zero attached hydrogens (tertiary/aromatic N) is 3. The molecule has 2 fully saturated rings. The van der Waals surface area contributed by atoms with Gasteiger partial charge in [0.2, 0.25) is 0 Å². The largest absolute Gasteiger partial charge is 0.459 e. The molecule has 0 bridgehead atoms. The van der Waals surface area contributed by atoms with Crippen LogP contribution >= 0.6 is 0 Å². The van der Waals surface area contributed by atoms with E-state index in [1.165, 1.54) is 72.8 Å². The van der Waals surface area contributed by atoms with Crippen LogP contribution in [0.1, 0.15) is 62.1 Å². The Hall–Kier alpha value is -8.75. The Labute approximate surface area is 434 Å². The van der Waals surface area contributed by atoms with Gasteiger partial charge in [0, 0.05) is 11.5 Å². The third-order valence-electron chi connectivity index (χ3n) is 11.8. The van der Waals surface area contributed by atoms with E-state index in [1.54, 1.807) is 109 Å². The summed E-state index contributed by atoms with van der Waals surface area (Å²) in [6.07, 6.45) is -18.1. The number of aliphatic hydroxyl groups is 1. The topological polar surface area (TPSA) is 264 Å². The number of azide groups is 1. The average Bonchev–Trinajstić information content (AvgIpc) is 3.50. The predicted octanol–water partition coefficient (Wildman–Crippen LogP) is 7.13. The first-order valence-electron chi connectivity index (χ1n) is 23.8. The third kappa shape index (κ3) is 13.9. The van der Waals surface area contributed by atoms with Crippen LogP contribution in [-0.2, 0) is 47.4 Å². The van der Waals surface area contributed by atoms with Crippen molar-refractivity contribution in [1.82, 2.24) is 0 Å². The van der Waals surface area contributed by atoms with Crippen LogP contribution in [0, 0.1) is 0 Å². The molecule has 8 rings (SSSR count). The molecule has 2 heterocycles. The van der Waals surface area contributed by atoms with Crippen molar-refractivity contribution in [3.05, 3.63) is 226 Å². The lowest BCUT2D eigenvalue weighted by Gasteiger charge is -2.48. The molecule has 76 heavy (non-hydrogen) atoms. The first-order chi connectivity index (χ1) is 37.1. The molecule has 0 saturated carbocycles. The smallest absolute Gasteiger partial charge is 0.338 e. The van der Waals surface area contributed by atoms with Gasteiger partial charge in [-0.2, -0.15) is 0 Å². The average molecular weight is 1040 g/mol. The molecule has 0 amide bonds. The molecule has 2 saturated heterocycles. The molecule has 0 aliphatic carbocycles. The van der Waals surface area contributed by atoms with Gasteiger partial charge in [0.1, 0.15) is 37.6 Å². The SMILES string of the molecule is [N-]=[N+]=NCCO[C@@H]1O[C@H](COC(=O)c2ccccc2)[C@@H](O[C@@H]2O[C@H](COC(=O)c3ccccc3)[C@H](OC(=O)c3ccccc3)[C@H](O)[C@H]2OC(=O)c2ccccc2)[C@H](OC(=O)c2ccccc2)[C@H]1OC(=O)c1ccccc1. The molecular weight excluding hydrogens is 987 g/mol. The zero-order valence-corrected chi connectivity index (χ0v) is 40.2. The highest BCUT2D eigenvalue weighted by Crippen LogP contribution is 2.36. The Morgan fingerprint density at radius 2 is 0.763 bits per heavy atom. The molecule has 20 heteroatoms. The van der Waals surface area contributed by atoms with Crippen LogP contribution in [0.3, 0.4) is 0 Å². The molecule has 20 nitrogen and oxygen atoms in total. The Balaban J connectivity index is 1.24. The maximum atomic E-state index is 14.3. The van der Waals surface area contributed by atoms with Gasteiger partial charge in [-0.1, -0.05) is 114 Å². The number of rotatable bonds is 20. The van der Waals surface area contributed by atoms with Gasteiger partial charge in [-0.3, -0.25) is 0 Å². The fraction of sp³-hybridized carbons (Fsp3) is 0.250. The van der Waals surface area contributed by atoms with Gasteiger partial charge < -0.3 is 52.5 Å². The van der Waals surface area contributed by atoms with E-state index in [1.807, 2.05) is 0 Å². The van der Waals surface area contributed by atoms with E-state index in [-0.39, 0.29) is 46.5 Å². The molecule has 6 aromatic rings. The van der Waals surface area contributed by atoms with Crippen molar-refractivity contribution in [2.45, 2.75) is 61.4 Å². The van der Waals surface area contributed by atoms with Crippen molar-refractivity contribution in [2.75, 3.05) is 26.4 Å². The van der Waals surface area contributed by atoms with E-state index in [9.17, 15) is 33.9 Å². The van der Waals surface area contributed by atoms with Crippen LogP contribution in [-0.4, -0.2) is 129 Å². The minimum atomic E-state index is -2.05. The van der Waals surface area contributed by atoms with Gasteiger partial charge in [-0.05, 0) is 78.3 Å². The first-order valence-corrected chi connectivity index (χ1v) is 23.8. The van der Waals surface area contributed by atoms with Crippen LogP contribution in [0.15, 0.2) is 187 Å². The van der Waals surface area contributed by atoms with Crippen molar-refractivity contribution >= 4 is 35.8 Å². The molecule has 390 valence electrons. The Kier molecular flexibility index (Phi) is 18.6. The van der Waals surface area contributed by atoms with Gasteiger partial charge in [-0.15, -0.1) is 0 Å². The molecule has 2 aliphatic rings. The van der Waals surface area contributed by atoms with Gasteiger partial charge in [-0.25, -0.2) is 28.8 Å². The number of carbonyl (C=O) groups is 6. The monoisotopic (exact) mass is 1040 g/mol. The van der Waals surface area contributed by atoms with E-state index in [0.717, 1.165) is 0 Å². The minimum Gasteiger partial charge on any atom is -0.459 e. The van der Waals surface area contributed by atoms with E-state index in [0.29, 0.717) is 0 Å². The summed E-state index contributed by atoms with van der Waals surface area (Å²) in [6.45, 7) is -1.99. The summed E-state index contributed by atoms with van der Waals surface area (Å²) in [4.78, 5) is 86.1. The van der Waals surface area contributed by atoms with Crippen LogP contribution in [0.4, 0.5) is 0 Å². The van der Waals surface area contributed by atoms with Crippen LogP contribution in [0.5, 0.6) is 0 Å². The summed E-state index contributed by atoms with van der Waals surface area (Å²) in [6, 6.07) is 46.7. The fourth-order valence-electron chi connectivity index (χ4n) is 8.08. The fourth-order valence-corrected chi connectivity index (χ4v) is 8.08. The first kappa shape index (κ1) is 53.5. The van der Waals surface area contributed by atoms with Gasteiger partial charge in [0.05, 0.1) is 40.0 Å². The summed E-state index contributed by atoms with van der Waals surface area (Å²) >= 11 is 0. The summed E-state index contributed by atoms with van der Waals surface area (Å²) < 4.78 is 61.6. The third-order valence-corrected chi connectivity index (χ3v) is 11.8. The lowest BCUT2D eigenvalue weighted by molar-refractivity contribution is -0.356. The van der Waals surface area contributed by atoms with Crippen molar-refractivity contribution in [3.8, 4) is 0 Å². The number of hydrogen-bond donors (Lipinski definition) is 1. The highest BCUT2D eigenvalue weighted by molar-refractivity contribution is 5.92. The zero-order chi connectivity index (χ0) is 53.2. The molecule has 10 atom stereocenters. The second-order valence-corrected chi connectivity index (χ2v) is 16.9. The molecule has 0 unspecified atom stereocenters. The second kappa shape index (κ2) is 26.5. The number of ether oxygens (including phenoxy) is 10. The van der Waals surface area contributed by atoms with Crippen molar-refractivity contribution in [2.24, 2.45) is 5.11 Å². The Bertz CT molecular complexity index is 2930. The lowest BCUT2D eigenvalue weighted by atomic mass is 9.96. The molecular formula is C56H49N3O17. The molecule has 6 aromatic carbocycles. The molecule has 1 N–H and O–H groups in total. The lowest BCUT2D eigenvalue weighted by Crippen LogP contribution is -2.67. The number of carbonyl (C=O) groups excluding carboxylic acids is 6. The van der Waals surface area contributed by atoms with E-state index in [2.05, 4.69) is 10.0 Å². The van der Waals surface area contributed by atoms with E-state index in [4.69, 9.17) is 52.9 Å². The van der Waals surface area contributed by atoms with Crippen LogP contribution in [0.2, 0.25) is 0 Å². The summed E-state index contributed by atoms with van der Waals surface area (Å²) in [7, 11) is 0.